The van der Waals surface area contributed by atoms with E-state index < -0.39 is 0 Å². The first-order valence-corrected chi connectivity index (χ1v) is 4.99. The zero-order valence-electron chi connectivity index (χ0n) is 8.66. The summed E-state index contributed by atoms with van der Waals surface area (Å²) in [6.07, 6.45) is 1.01. The molecule has 0 N–H and O–H groups in total. The molecular formula is C9H20O3S. The molecule has 0 saturated carbocycles. The van der Waals surface area contributed by atoms with E-state index in [1.807, 2.05) is 0 Å². The van der Waals surface area contributed by atoms with Crippen LogP contribution in [0.2, 0.25) is 0 Å². The topological polar surface area (TPSA) is 27.7 Å². The molecule has 0 saturated heterocycles. The van der Waals surface area contributed by atoms with Gasteiger partial charge in [-0.1, -0.05) is 6.92 Å². The van der Waals surface area contributed by atoms with Gasteiger partial charge in [-0.05, 0) is 6.42 Å². The van der Waals surface area contributed by atoms with Gasteiger partial charge in [0.25, 0.3) is 0 Å². The number of methoxy groups -OCH3 is 2. The molecule has 0 aliphatic carbocycles. The molecule has 0 bridgehead atoms. The van der Waals surface area contributed by atoms with Crippen molar-refractivity contribution in [3.05, 3.63) is 0 Å². The van der Waals surface area contributed by atoms with Crippen LogP contribution >= 0.6 is 12.6 Å². The maximum absolute atomic E-state index is 5.40. The van der Waals surface area contributed by atoms with E-state index in [1.54, 1.807) is 14.2 Å². The third-order valence-corrected chi connectivity index (χ3v) is 1.93. The predicted molar refractivity (Wildman–Crippen MR) is 56.6 cm³/mol. The Hall–Kier alpha value is 0.230. The van der Waals surface area contributed by atoms with E-state index in [4.69, 9.17) is 14.2 Å². The number of thiol groups is 1. The standard InChI is InChI=1S/C9H20O3S/c1-8(13)4-5-12-7-9(11-3)6-10-2/h8-9,13H,4-7H2,1-3H3. The third kappa shape index (κ3) is 8.56. The van der Waals surface area contributed by atoms with Gasteiger partial charge < -0.3 is 14.2 Å². The average Bonchev–Trinajstić information content (AvgIpc) is 2.10. The quantitative estimate of drug-likeness (QED) is 0.482. The van der Waals surface area contributed by atoms with Gasteiger partial charge in [-0.25, -0.2) is 0 Å². The van der Waals surface area contributed by atoms with Gasteiger partial charge in [-0.15, -0.1) is 0 Å². The first-order chi connectivity index (χ1) is 6.20. The molecule has 0 aliphatic heterocycles. The van der Waals surface area contributed by atoms with Crippen LogP contribution in [0.15, 0.2) is 0 Å². The van der Waals surface area contributed by atoms with Crippen molar-refractivity contribution in [2.75, 3.05) is 34.0 Å². The molecule has 0 spiro atoms. The van der Waals surface area contributed by atoms with E-state index in [0.29, 0.717) is 18.5 Å². The summed E-state index contributed by atoms with van der Waals surface area (Å²) in [5.41, 5.74) is 0. The van der Waals surface area contributed by atoms with Gasteiger partial charge in [0.1, 0.15) is 6.10 Å². The van der Waals surface area contributed by atoms with E-state index in [0.717, 1.165) is 13.0 Å². The lowest BCUT2D eigenvalue weighted by Gasteiger charge is -2.14. The number of hydrogen-bond donors (Lipinski definition) is 1. The minimum Gasteiger partial charge on any atom is -0.382 e. The highest BCUT2D eigenvalue weighted by atomic mass is 32.1. The van der Waals surface area contributed by atoms with Crippen molar-refractivity contribution >= 4 is 12.6 Å². The Morgan fingerprint density at radius 2 is 1.92 bits per heavy atom. The molecule has 2 atom stereocenters. The first kappa shape index (κ1) is 13.2. The Bertz CT molecular complexity index is 109. The van der Waals surface area contributed by atoms with Gasteiger partial charge in [0.15, 0.2) is 0 Å². The molecule has 13 heavy (non-hydrogen) atoms. The first-order valence-electron chi connectivity index (χ1n) is 4.48. The maximum atomic E-state index is 5.40. The fraction of sp³-hybridized carbons (Fsp3) is 1.00. The summed E-state index contributed by atoms with van der Waals surface area (Å²) in [6, 6.07) is 0. The van der Waals surface area contributed by atoms with Gasteiger partial charge in [0, 0.05) is 26.1 Å². The molecule has 80 valence electrons. The molecule has 0 aromatic carbocycles. The molecule has 0 aromatic heterocycles. The highest BCUT2D eigenvalue weighted by molar-refractivity contribution is 7.80. The fourth-order valence-electron chi connectivity index (χ4n) is 0.839. The summed E-state index contributed by atoms with van der Waals surface area (Å²) >= 11 is 4.25. The molecule has 0 aromatic rings. The van der Waals surface area contributed by atoms with Gasteiger partial charge in [0.05, 0.1) is 13.2 Å². The van der Waals surface area contributed by atoms with Gasteiger partial charge in [0.2, 0.25) is 0 Å². The van der Waals surface area contributed by atoms with E-state index in [1.165, 1.54) is 0 Å². The number of ether oxygens (including phenoxy) is 3. The molecular weight excluding hydrogens is 188 g/mol. The van der Waals surface area contributed by atoms with Crippen LogP contribution in [-0.4, -0.2) is 45.4 Å². The van der Waals surface area contributed by atoms with Crippen LogP contribution < -0.4 is 0 Å². The Morgan fingerprint density at radius 3 is 2.38 bits per heavy atom. The predicted octanol–water partition coefficient (Wildman–Crippen LogP) is 1.37. The van der Waals surface area contributed by atoms with Crippen molar-refractivity contribution in [2.24, 2.45) is 0 Å². The normalized spacial score (nSPS) is 15.7. The Labute approximate surface area is 86.2 Å². The van der Waals surface area contributed by atoms with Crippen LogP contribution in [0.5, 0.6) is 0 Å². The average molecular weight is 208 g/mol. The lowest BCUT2D eigenvalue weighted by Crippen LogP contribution is -2.24. The summed E-state index contributed by atoms with van der Waals surface area (Å²) < 4.78 is 15.5. The lowest BCUT2D eigenvalue weighted by molar-refractivity contribution is -0.0305. The van der Waals surface area contributed by atoms with Crippen LogP contribution in [0, 0.1) is 0 Å². The second-order valence-corrected chi connectivity index (χ2v) is 3.91. The number of hydrogen-bond acceptors (Lipinski definition) is 4. The van der Waals surface area contributed by atoms with Crippen LogP contribution in [0.4, 0.5) is 0 Å². The second kappa shape index (κ2) is 8.81. The fourth-order valence-corrected chi connectivity index (χ4v) is 0.944. The third-order valence-electron chi connectivity index (χ3n) is 1.67. The summed E-state index contributed by atoms with van der Waals surface area (Å²) in [7, 11) is 3.32. The van der Waals surface area contributed by atoms with E-state index in [-0.39, 0.29) is 6.10 Å². The lowest BCUT2D eigenvalue weighted by atomic mass is 10.3. The summed E-state index contributed by atoms with van der Waals surface area (Å²) in [4.78, 5) is 0. The molecule has 0 amide bonds. The molecule has 0 rings (SSSR count). The molecule has 4 heteroatoms. The van der Waals surface area contributed by atoms with E-state index in [2.05, 4.69) is 19.6 Å². The maximum Gasteiger partial charge on any atom is 0.104 e. The second-order valence-electron chi connectivity index (χ2n) is 3.03. The van der Waals surface area contributed by atoms with Crippen molar-refractivity contribution < 1.29 is 14.2 Å². The summed E-state index contributed by atoms with van der Waals surface area (Å²) in [5, 5.41) is 0.392. The minimum absolute atomic E-state index is 0.0419. The van der Waals surface area contributed by atoms with Crippen molar-refractivity contribution in [2.45, 2.75) is 24.7 Å². The number of rotatable bonds is 8. The molecule has 0 heterocycles. The highest BCUT2D eigenvalue weighted by Gasteiger charge is 2.06. The summed E-state index contributed by atoms with van der Waals surface area (Å²) in [6.45, 7) is 3.95. The van der Waals surface area contributed by atoms with Crippen molar-refractivity contribution in [1.82, 2.24) is 0 Å². The Kier molecular flexibility index (Phi) is 8.97. The van der Waals surface area contributed by atoms with Gasteiger partial charge in [-0.2, -0.15) is 12.6 Å². The smallest absolute Gasteiger partial charge is 0.104 e. The van der Waals surface area contributed by atoms with Crippen molar-refractivity contribution in [3.63, 3.8) is 0 Å². The van der Waals surface area contributed by atoms with Crippen molar-refractivity contribution in [3.8, 4) is 0 Å². The molecule has 3 nitrogen and oxygen atoms in total. The van der Waals surface area contributed by atoms with Crippen LogP contribution in [0.25, 0.3) is 0 Å². The van der Waals surface area contributed by atoms with Gasteiger partial charge >= 0.3 is 0 Å². The SMILES string of the molecule is COCC(COCCC(C)S)OC. The van der Waals surface area contributed by atoms with Crippen LogP contribution in [-0.2, 0) is 14.2 Å². The monoisotopic (exact) mass is 208 g/mol. The molecule has 2 unspecified atom stereocenters. The van der Waals surface area contributed by atoms with Crippen molar-refractivity contribution in [1.29, 1.82) is 0 Å². The molecule has 0 radical (unpaired) electrons. The molecule has 0 fully saturated rings. The zero-order chi connectivity index (χ0) is 10.1. The van der Waals surface area contributed by atoms with Crippen LogP contribution in [0.1, 0.15) is 13.3 Å². The van der Waals surface area contributed by atoms with E-state index >= 15 is 0 Å². The van der Waals surface area contributed by atoms with Crippen LogP contribution in [0.3, 0.4) is 0 Å². The molecule has 0 aliphatic rings. The largest absolute Gasteiger partial charge is 0.382 e. The van der Waals surface area contributed by atoms with Gasteiger partial charge in [-0.3, -0.25) is 0 Å². The van der Waals surface area contributed by atoms with E-state index in [9.17, 15) is 0 Å². The Morgan fingerprint density at radius 1 is 1.23 bits per heavy atom. The highest BCUT2D eigenvalue weighted by Crippen LogP contribution is 2.00. The summed E-state index contributed by atoms with van der Waals surface area (Å²) in [5.74, 6) is 0. The minimum atomic E-state index is 0.0419. The zero-order valence-corrected chi connectivity index (χ0v) is 9.55. The Balaban J connectivity index is 3.27.